The van der Waals surface area contributed by atoms with Gasteiger partial charge in [-0.2, -0.15) is 29.9 Å². The molecule has 7 aliphatic rings. The van der Waals surface area contributed by atoms with Crippen molar-refractivity contribution in [2.24, 2.45) is 33.3 Å². The van der Waals surface area contributed by atoms with Gasteiger partial charge in [-0.05, 0) is 149 Å². The number of amides is 3. The lowest BCUT2D eigenvalue weighted by atomic mass is 9.55. The number of carbonyl (C=O) groups excluding carboxylic acids is 3. The number of hydrazine groups is 1. The van der Waals surface area contributed by atoms with Gasteiger partial charge >= 0.3 is 21.6 Å². The van der Waals surface area contributed by atoms with Gasteiger partial charge in [0.25, 0.3) is 11.8 Å². The predicted molar refractivity (Wildman–Crippen MR) is 513 cm³/mol. The summed E-state index contributed by atoms with van der Waals surface area (Å²) in [6, 6.07) is 13.9. The van der Waals surface area contributed by atoms with E-state index >= 15 is 0 Å². The third kappa shape index (κ3) is 38.7. The van der Waals surface area contributed by atoms with E-state index in [9.17, 15) is 24.1 Å². The average Bonchev–Trinajstić information content (AvgIpc) is 1.50. The number of anilines is 6. The van der Waals surface area contributed by atoms with Gasteiger partial charge in [-0.1, -0.05) is 30.3 Å². The number of fused-ring (bicyclic) bond motifs is 5. The predicted octanol–water partition coefficient (Wildman–Crippen LogP) is 8.95. The minimum absolute atomic E-state index is 0.0249. The fourth-order valence-corrected chi connectivity index (χ4v) is 21.2. The van der Waals surface area contributed by atoms with Gasteiger partial charge in [0.1, 0.15) is 12.2 Å². The summed E-state index contributed by atoms with van der Waals surface area (Å²) in [5, 5.41) is 25.1. The van der Waals surface area contributed by atoms with Crippen LogP contribution in [-0.4, -0.2) is 363 Å². The zero-order chi connectivity index (χ0) is 94.4. The molecular formula is C77H137Cl6N28O11P3S. The average molecular weight is 1970 g/mol. The molecule has 6 atom stereocenters. The van der Waals surface area contributed by atoms with Gasteiger partial charge < -0.3 is 84.3 Å². The number of phosphoric acid groups is 1. The lowest BCUT2D eigenvalue weighted by Gasteiger charge is -2.50. The van der Waals surface area contributed by atoms with Crippen molar-refractivity contribution in [3.8, 4) is 5.75 Å². The van der Waals surface area contributed by atoms with Crippen molar-refractivity contribution in [1.29, 1.82) is 0 Å². The molecule has 3 amide bonds. The van der Waals surface area contributed by atoms with Gasteiger partial charge in [0.2, 0.25) is 41.5 Å². The maximum Gasteiger partial charge on any atom is 0.466 e. The first-order valence-electron chi connectivity index (χ1n) is 41.4. The summed E-state index contributed by atoms with van der Waals surface area (Å²) < 4.78 is 41.2. The molecule has 0 radical (unpaired) electrons. The van der Waals surface area contributed by atoms with Crippen LogP contribution in [0.5, 0.6) is 5.75 Å². The number of aliphatic hydroxyl groups excluding tert-OH is 1. The van der Waals surface area contributed by atoms with Gasteiger partial charge in [0, 0.05) is 237 Å². The number of aryl methyl sites for hydroxylation is 1. The number of nitrogens with zero attached hydrogens (tertiary/aromatic N) is 22. The number of rotatable bonds is 31. The number of halogens is 6. The molecule has 0 bridgehead atoms. The third-order valence-electron chi connectivity index (χ3n) is 20.0. The molecule has 5 aromatic rings. The first kappa shape index (κ1) is 113. The summed E-state index contributed by atoms with van der Waals surface area (Å²) >= 11 is 39.4. The monoisotopic (exact) mass is 1960 g/mol. The second-order valence-corrected chi connectivity index (χ2v) is 41.6. The zero-order valence-electron chi connectivity index (χ0n) is 76.4. The van der Waals surface area contributed by atoms with E-state index in [0.717, 1.165) is 76.7 Å². The van der Waals surface area contributed by atoms with Crippen LogP contribution in [0.2, 0.25) is 0 Å². The molecule has 714 valence electrons. The number of benzene rings is 2. The fraction of sp³-hybridized carbons (Fsp3) is 0.688. The molecule has 4 aliphatic heterocycles. The Morgan fingerprint density at radius 1 is 0.690 bits per heavy atom. The number of nitrogens with one attached hydrogen (secondary N) is 5. The third-order valence-corrected chi connectivity index (χ3v) is 28.8. The van der Waals surface area contributed by atoms with Crippen molar-refractivity contribution in [3.63, 3.8) is 0 Å². The van der Waals surface area contributed by atoms with Crippen molar-refractivity contribution >= 4 is 163 Å². The highest BCUT2D eigenvalue weighted by atomic mass is 35.5. The largest absolute Gasteiger partial charge is 0.466 e. The number of H-pyrrole nitrogens is 1. The first-order valence-corrected chi connectivity index (χ1v) is 50.4. The summed E-state index contributed by atoms with van der Waals surface area (Å²) in [5.74, 6) is 8.96. The molecule has 0 spiro atoms. The lowest BCUT2D eigenvalue weighted by molar-refractivity contribution is -0.0226. The number of aromatic nitrogens is 8. The van der Waals surface area contributed by atoms with Crippen LogP contribution in [0.4, 0.5) is 46.3 Å². The quantitative estimate of drug-likeness (QED) is 0.00650. The zero-order valence-corrected chi connectivity index (χ0v) is 84.4. The number of imidazole rings is 1. The Morgan fingerprint density at radius 2 is 1.17 bits per heavy atom. The van der Waals surface area contributed by atoms with Crippen LogP contribution in [0.1, 0.15) is 103 Å². The maximum atomic E-state index is 12.4. The number of ether oxygens (including phenoxy) is 1. The summed E-state index contributed by atoms with van der Waals surface area (Å²) in [6.07, 6.45) is 8.21. The second-order valence-electron chi connectivity index (χ2n) is 31.9. The Morgan fingerprint density at radius 3 is 1.57 bits per heavy atom. The van der Waals surface area contributed by atoms with Crippen LogP contribution in [0.25, 0.3) is 0 Å². The van der Waals surface area contributed by atoms with E-state index in [0.29, 0.717) is 133 Å². The SMILES string of the molecule is CN(C)N=Nc1nc[nH]c1C(N)=O.CN(C)c1nc(N(C)C)nc(N(C)C)n1.CN(C)c1nc(N(C)C)nc(N(C)C)n1.CN(CCCl)CCCl.CNNCc1ccc(C(=O)NC(C)C)cc1.C[C@]12CC[C@@H]3c4ccc(OC(=O)N(CCCl)CCCl)cc4CC[C@H]3[C@@H]1CC[C@@H]2O.O=P(O)(O)O.O=P1(NCCCl)OCCCN1CCCl.S=P(N1CC1)(N1CC1)N1CC1. The van der Waals surface area contributed by atoms with Crippen LogP contribution in [-0.2, 0) is 38.4 Å². The van der Waals surface area contributed by atoms with E-state index in [1.54, 1.807) is 23.7 Å². The standard InChI is InChI=1S/C23H31Cl2NO3.C12H19N3O.2C9H18N6.C7H15Cl2N2O2P.C6H10N6O.C6H12N3PS.C5H11Cl2N.H3O4P/c1-23-9-8-18-17-5-3-16(29-22(28)26(12-10-24)13-11-25)14-15(17)2-4-19(18)20(23)6-7-21(23)27;1-9(2)15-12(16)11-6-4-10(5-7-11)8-14-13-3;2*1-13(2)7-10-8(14(3)4)12-9(11-7)15(5)6;8-2-4-10-14(12)11(6-3-9)5-1-7-13-14;1-12(2)11-10-6-4(5(7)13)8-3-9-6;11-10(7-1-2-7,8-3-4-8)9-5-6-9;1-8(4-2-6)5-3-7;1-5(2,3)4/h3,5,14,18-21,27H,2,4,6-13H2,1H3;4-7,9,13-14H,8H2,1-3H3,(H,15,16);2*1-6H3;1-7H2,(H,10,12);3H,1-2H3,(H2,7,13)(H,8,9);1-6H2;2-5H2,1H3;(H3,1,2,3,4)/t18-,19-,20+,21+,23+;;;;;;;;/m1......../s1. The first-order chi connectivity index (χ1) is 59.4. The van der Waals surface area contributed by atoms with E-state index < -0.39 is 34.0 Å². The van der Waals surface area contributed by atoms with Crippen molar-refractivity contribution in [2.75, 3.05) is 269 Å². The smallest absolute Gasteiger partial charge is 0.410 e. The second kappa shape index (κ2) is 56.3. The van der Waals surface area contributed by atoms with Crippen LogP contribution in [0, 0.1) is 17.3 Å². The minimum atomic E-state index is -4.64. The number of aliphatic hydroxyl groups is 1. The summed E-state index contributed by atoms with van der Waals surface area (Å²) in [4.78, 5) is 103. The highest BCUT2D eigenvalue weighted by Crippen LogP contribution is 2.66. The van der Waals surface area contributed by atoms with Crippen LogP contribution in [0.15, 0.2) is 59.1 Å². The lowest BCUT2D eigenvalue weighted by Crippen LogP contribution is -2.43. The molecule has 11 N–H and O–H groups in total. The van der Waals surface area contributed by atoms with Crippen LogP contribution in [0.3, 0.4) is 0 Å². The molecule has 39 nitrogen and oxygen atoms in total. The summed E-state index contributed by atoms with van der Waals surface area (Å²) in [7, 11) is 22.7. The van der Waals surface area contributed by atoms with Gasteiger partial charge in [0.05, 0.1) is 19.0 Å². The minimum Gasteiger partial charge on any atom is -0.410 e. The number of alkyl halides is 6. The fourth-order valence-electron chi connectivity index (χ4n) is 13.3. The molecule has 2 saturated carbocycles. The van der Waals surface area contributed by atoms with Gasteiger partial charge in [-0.3, -0.25) is 30.0 Å². The molecule has 3 aliphatic carbocycles. The number of hydrogen-bond acceptors (Lipinski definition) is 27. The van der Waals surface area contributed by atoms with Crippen molar-refractivity contribution in [2.45, 2.75) is 90.3 Å². The van der Waals surface area contributed by atoms with Crippen molar-refractivity contribution in [1.82, 2.24) is 94.6 Å². The maximum absolute atomic E-state index is 12.4. The van der Waals surface area contributed by atoms with E-state index in [4.69, 9.17) is 116 Å². The van der Waals surface area contributed by atoms with E-state index in [1.807, 2.05) is 178 Å². The molecule has 49 heteroatoms. The van der Waals surface area contributed by atoms with Crippen LogP contribution < -0.4 is 61.1 Å². The topological polar surface area (TPSA) is 431 Å². The number of aromatic amines is 1. The highest BCUT2D eigenvalue weighted by molar-refractivity contribution is 8.11. The number of hydrogen-bond donors (Lipinski definition) is 10. The number of carbonyl (C=O) groups is 3. The van der Waals surface area contributed by atoms with Crippen molar-refractivity contribution < 1.29 is 52.6 Å². The van der Waals surface area contributed by atoms with Gasteiger partial charge in [-0.15, -0.1) is 74.7 Å². The number of primary amides is 1. The Hall–Kier alpha value is -5.59. The summed E-state index contributed by atoms with van der Waals surface area (Å²) in [5.41, 5.74) is 15.7. The molecule has 12 rings (SSSR count). The Labute approximate surface area is 780 Å². The summed E-state index contributed by atoms with van der Waals surface area (Å²) in [6.45, 7) is 18.2. The molecule has 2 aromatic carbocycles. The van der Waals surface area contributed by atoms with E-state index in [2.05, 4.69) is 103 Å². The molecule has 6 fully saturated rings. The van der Waals surface area contributed by atoms with E-state index in [1.165, 1.54) is 61.7 Å². The normalized spacial score (nSPS) is 19.6. The Balaban J connectivity index is 0.000000307. The molecule has 7 heterocycles. The van der Waals surface area contributed by atoms with Gasteiger partial charge in [0.15, 0.2) is 5.69 Å². The Kier molecular flexibility index (Phi) is 50.4. The van der Waals surface area contributed by atoms with Crippen molar-refractivity contribution in [3.05, 3.63) is 76.7 Å². The molecule has 1 unspecified atom stereocenters. The van der Waals surface area contributed by atoms with E-state index in [-0.39, 0.29) is 35.0 Å². The molecular weight excluding hydrogens is 1830 g/mol. The molecule has 3 aromatic heterocycles. The molecule has 126 heavy (non-hydrogen) atoms. The molecule has 4 saturated heterocycles. The van der Waals surface area contributed by atoms with Gasteiger partial charge in [-0.25, -0.2) is 38.1 Å². The highest BCUT2D eigenvalue weighted by Gasteiger charge is 2.55. The Bertz CT molecular complexity index is 3990. The number of nitrogens with two attached hydrogens (primary N) is 1. The van der Waals surface area contributed by atoms with Crippen LogP contribution >= 0.6 is 91.6 Å².